The highest BCUT2D eigenvalue weighted by atomic mass is 16.6. The number of aromatic nitrogens is 1. The molecule has 0 unspecified atom stereocenters. The van der Waals surface area contributed by atoms with Crippen LogP contribution in [0.4, 0.5) is 4.79 Å². The van der Waals surface area contributed by atoms with Crippen molar-refractivity contribution >= 4 is 6.09 Å². The SMILES string of the molecule is CC(C)(C)OC(=O)N1CCN([C@@H]2CCc3ccc[nH+]c32)CC1. The molecule has 0 spiro atoms. The van der Waals surface area contributed by atoms with E-state index in [0.717, 1.165) is 32.6 Å². The average molecular weight is 304 g/mol. The lowest BCUT2D eigenvalue weighted by atomic mass is 10.1. The number of aromatic amines is 1. The van der Waals surface area contributed by atoms with Gasteiger partial charge in [0.2, 0.25) is 0 Å². The third-order valence-corrected chi connectivity index (χ3v) is 4.41. The summed E-state index contributed by atoms with van der Waals surface area (Å²) in [7, 11) is 0. The number of fused-ring (bicyclic) bond motifs is 1. The number of nitrogens with one attached hydrogen (secondary N) is 1. The molecule has 0 radical (unpaired) electrons. The zero-order chi connectivity index (χ0) is 15.7. The Hall–Kier alpha value is -1.62. The quantitative estimate of drug-likeness (QED) is 0.797. The number of carbonyl (C=O) groups excluding carboxylic acids is 1. The summed E-state index contributed by atoms with van der Waals surface area (Å²) >= 11 is 0. The van der Waals surface area contributed by atoms with Crippen LogP contribution in [0.3, 0.4) is 0 Å². The van der Waals surface area contributed by atoms with Crippen molar-refractivity contribution in [1.82, 2.24) is 9.80 Å². The standard InChI is InChI=1S/C17H25N3O2/c1-17(2,3)22-16(21)20-11-9-19(10-12-20)14-7-6-13-5-4-8-18-15(13)14/h4-5,8,14H,6-7,9-12H2,1-3H3/p+1/t14-/m1/s1. The molecule has 1 aliphatic carbocycles. The molecular weight excluding hydrogens is 278 g/mol. The van der Waals surface area contributed by atoms with Crippen LogP contribution in [0.25, 0.3) is 0 Å². The highest BCUT2D eigenvalue weighted by Gasteiger charge is 2.36. The average Bonchev–Trinajstić information content (AvgIpc) is 2.89. The third-order valence-electron chi connectivity index (χ3n) is 4.41. The largest absolute Gasteiger partial charge is 0.444 e. The van der Waals surface area contributed by atoms with E-state index in [2.05, 4.69) is 22.0 Å². The molecule has 2 heterocycles. The molecule has 120 valence electrons. The van der Waals surface area contributed by atoms with Crippen molar-refractivity contribution in [2.45, 2.75) is 45.3 Å². The molecule has 0 aromatic carbocycles. The summed E-state index contributed by atoms with van der Waals surface area (Å²) in [5.41, 5.74) is 2.36. The monoisotopic (exact) mass is 304 g/mol. The minimum atomic E-state index is -0.423. The number of hydrogen-bond acceptors (Lipinski definition) is 3. The van der Waals surface area contributed by atoms with Crippen LogP contribution in [-0.2, 0) is 11.2 Å². The molecule has 3 rings (SSSR count). The number of rotatable bonds is 1. The lowest BCUT2D eigenvalue weighted by molar-refractivity contribution is -0.395. The Morgan fingerprint density at radius 1 is 1.27 bits per heavy atom. The van der Waals surface area contributed by atoms with Crippen molar-refractivity contribution in [3.05, 3.63) is 29.6 Å². The predicted octanol–water partition coefficient (Wildman–Crippen LogP) is 2.04. The minimum Gasteiger partial charge on any atom is -0.444 e. The van der Waals surface area contributed by atoms with E-state index in [1.54, 1.807) is 0 Å². The van der Waals surface area contributed by atoms with Gasteiger partial charge in [-0.05, 0) is 39.7 Å². The predicted molar refractivity (Wildman–Crippen MR) is 83.4 cm³/mol. The molecule has 1 saturated heterocycles. The fraction of sp³-hybridized carbons (Fsp3) is 0.647. The van der Waals surface area contributed by atoms with E-state index in [1.807, 2.05) is 31.9 Å². The molecule has 2 aliphatic rings. The zero-order valence-corrected chi connectivity index (χ0v) is 13.8. The first-order valence-corrected chi connectivity index (χ1v) is 8.15. The molecule has 0 bridgehead atoms. The zero-order valence-electron chi connectivity index (χ0n) is 13.8. The normalized spacial score (nSPS) is 22.5. The Kier molecular flexibility index (Phi) is 4.08. The van der Waals surface area contributed by atoms with Gasteiger partial charge in [0.1, 0.15) is 5.60 Å². The number of ether oxygens (including phenoxy) is 1. The van der Waals surface area contributed by atoms with Crippen molar-refractivity contribution in [3.8, 4) is 0 Å². The molecule has 22 heavy (non-hydrogen) atoms. The summed E-state index contributed by atoms with van der Waals surface area (Å²) < 4.78 is 5.46. The summed E-state index contributed by atoms with van der Waals surface area (Å²) in [6.07, 6.45) is 4.13. The van der Waals surface area contributed by atoms with Crippen LogP contribution < -0.4 is 4.98 Å². The van der Waals surface area contributed by atoms with E-state index in [4.69, 9.17) is 4.74 Å². The van der Waals surface area contributed by atoms with Gasteiger partial charge >= 0.3 is 6.09 Å². The minimum absolute atomic E-state index is 0.189. The molecule has 1 aromatic rings. The number of aryl methyl sites for hydroxylation is 1. The number of piperazine rings is 1. The van der Waals surface area contributed by atoms with Crippen molar-refractivity contribution < 1.29 is 14.5 Å². The number of carbonyl (C=O) groups is 1. The molecule has 1 N–H and O–H groups in total. The summed E-state index contributed by atoms with van der Waals surface area (Å²) in [6, 6.07) is 4.75. The lowest BCUT2D eigenvalue weighted by Gasteiger charge is -2.37. The van der Waals surface area contributed by atoms with Crippen LogP contribution in [-0.4, -0.2) is 47.7 Å². The van der Waals surface area contributed by atoms with Crippen molar-refractivity contribution in [3.63, 3.8) is 0 Å². The lowest BCUT2D eigenvalue weighted by Crippen LogP contribution is -2.51. The number of amides is 1. The maximum atomic E-state index is 12.1. The second-order valence-electron chi connectivity index (χ2n) is 7.17. The Morgan fingerprint density at radius 3 is 2.68 bits per heavy atom. The maximum Gasteiger partial charge on any atom is 0.410 e. The van der Waals surface area contributed by atoms with Gasteiger partial charge in [0.15, 0.2) is 11.9 Å². The highest BCUT2D eigenvalue weighted by molar-refractivity contribution is 5.68. The van der Waals surface area contributed by atoms with Gasteiger partial charge in [-0.2, -0.15) is 0 Å². The van der Waals surface area contributed by atoms with Crippen LogP contribution in [0.2, 0.25) is 0 Å². The highest BCUT2D eigenvalue weighted by Crippen LogP contribution is 2.33. The number of pyridine rings is 1. The summed E-state index contributed by atoms with van der Waals surface area (Å²) in [4.78, 5) is 19.8. The summed E-state index contributed by atoms with van der Waals surface area (Å²) in [5, 5.41) is 0. The van der Waals surface area contributed by atoms with Crippen LogP contribution in [0.1, 0.15) is 44.5 Å². The molecule has 1 aliphatic heterocycles. The molecule has 1 amide bonds. The van der Waals surface area contributed by atoms with E-state index in [0.29, 0.717) is 6.04 Å². The molecule has 5 nitrogen and oxygen atoms in total. The van der Waals surface area contributed by atoms with Crippen LogP contribution in [0.15, 0.2) is 18.3 Å². The summed E-state index contributed by atoms with van der Waals surface area (Å²) in [6.45, 7) is 9.03. The van der Waals surface area contributed by atoms with Crippen LogP contribution in [0.5, 0.6) is 0 Å². The second-order valence-corrected chi connectivity index (χ2v) is 7.17. The Morgan fingerprint density at radius 2 is 2.00 bits per heavy atom. The fourth-order valence-corrected chi connectivity index (χ4v) is 3.36. The van der Waals surface area contributed by atoms with E-state index in [9.17, 15) is 4.79 Å². The van der Waals surface area contributed by atoms with Crippen molar-refractivity contribution in [2.75, 3.05) is 26.2 Å². The Balaban J connectivity index is 1.58. The van der Waals surface area contributed by atoms with Crippen LogP contribution >= 0.6 is 0 Å². The molecule has 1 fully saturated rings. The Labute approximate surface area is 132 Å². The molecule has 5 heteroatoms. The maximum absolute atomic E-state index is 12.1. The topological polar surface area (TPSA) is 46.9 Å². The van der Waals surface area contributed by atoms with Gasteiger partial charge in [0, 0.05) is 37.8 Å². The Bertz CT molecular complexity index is 545. The van der Waals surface area contributed by atoms with Crippen molar-refractivity contribution in [2.24, 2.45) is 0 Å². The number of hydrogen-bond donors (Lipinski definition) is 0. The summed E-state index contributed by atoms with van der Waals surface area (Å²) in [5.74, 6) is 0. The molecule has 0 saturated carbocycles. The molecule has 1 aromatic heterocycles. The van der Waals surface area contributed by atoms with Gasteiger partial charge in [-0.3, -0.25) is 4.90 Å². The van der Waals surface area contributed by atoms with Crippen molar-refractivity contribution in [1.29, 1.82) is 0 Å². The van der Waals surface area contributed by atoms with Gasteiger partial charge in [-0.1, -0.05) is 0 Å². The molecule has 1 atom stereocenters. The van der Waals surface area contributed by atoms with E-state index >= 15 is 0 Å². The second kappa shape index (κ2) is 5.88. The third kappa shape index (κ3) is 3.24. The van der Waals surface area contributed by atoms with E-state index in [-0.39, 0.29) is 6.09 Å². The van der Waals surface area contributed by atoms with Gasteiger partial charge in [0.05, 0.1) is 6.04 Å². The first-order chi connectivity index (χ1) is 10.4. The number of H-pyrrole nitrogens is 1. The van der Waals surface area contributed by atoms with Gasteiger partial charge in [0.25, 0.3) is 0 Å². The van der Waals surface area contributed by atoms with Gasteiger partial charge < -0.3 is 9.64 Å². The van der Waals surface area contributed by atoms with E-state index in [1.165, 1.54) is 17.7 Å². The molecular formula is C17H26N3O2+. The number of nitrogens with zero attached hydrogens (tertiary/aromatic N) is 2. The van der Waals surface area contributed by atoms with Gasteiger partial charge in [-0.25, -0.2) is 9.78 Å². The first kappa shape index (κ1) is 15.3. The fourth-order valence-electron chi connectivity index (χ4n) is 3.36. The van der Waals surface area contributed by atoms with Crippen LogP contribution in [0, 0.1) is 0 Å². The van der Waals surface area contributed by atoms with E-state index < -0.39 is 5.60 Å². The van der Waals surface area contributed by atoms with Gasteiger partial charge in [-0.15, -0.1) is 0 Å². The first-order valence-electron chi connectivity index (χ1n) is 8.15. The smallest absolute Gasteiger partial charge is 0.410 e.